The molecule has 0 aromatic carbocycles. The Hall–Kier alpha value is -3.32. The van der Waals surface area contributed by atoms with Gasteiger partial charge in [0.1, 0.15) is 11.3 Å². The molecular formula is C21H20N6O. The number of carbonyl (C=O) groups is 1. The van der Waals surface area contributed by atoms with Crippen molar-refractivity contribution in [2.45, 2.75) is 18.9 Å². The Balaban J connectivity index is 1.40. The van der Waals surface area contributed by atoms with Gasteiger partial charge in [-0.3, -0.25) is 14.7 Å². The lowest BCUT2D eigenvalue weighted by Gasteiger charge is -2.16. The SMILES string of the molecule is CN1CCCC1c1cn2cc(NC(=O)c3ccc4ncccc4n3)ccc2n1. The highest BCUT2D eigenvalue weighted by Crippen LogP contribution is 2.30. The Morgan fingerprint density at radius 1 is 1.11 bits per heavy atom. The second kappa shape index (κ2) is 6.69. The summed E-state index contributed by atoms with van der Waals surface area (Å²) in [6.45, 7) is 1.11. The molecule has 1 fully saturated rings. The van der Waals surface area contributed by atoms with Crippen LogP contribution < -0.4 is 5.32 Å². The van der Waals surface area contributed by atoms with Crippen molar-refractivity contribution in [3.8, 4) is 0 Å². The fourth-order valence-electron chi connectivity index (χ4n) is 3.81. The number of carbonyl (C=O) groups excluding carboxylic acids is 1. The van der Waals surface area contributed by atoms with E-state index in [2.05, 4.69) is 33.4 Å². The highest BCUT2D eigenvalue weighted by atomic mass is 16.1. The van der Waals surface area contributed by atoms with Crippen LogP contribution in [0.1, 0.15) is 35.1 Å². The van der Waals surface area contributed by atoms with Crippen LogP contribution >= 0.6 is 0 Å². The van der Waals surface area contributed by atoms with Crippen LogP contribution in [0.5, 0.6) is 0 Å². The van der Waals surface area contributed by atoms with Gasteiger partial charge in [0, 0.05) is 18.6 Å². The molecule has 7 heteroatoms. The summed E-state index contributed by atoms with van der Waals surface area (Å²) in [4.78, 5) is 28.3. The molecule has 1 saturated heterocycles. The lowest BCUT2D eigenvalue weighted by molar-refractivity contribution is 0.102. The van der Waals surface area contributed by atoms with Crippen LogP contribution in [0, 0.1) is 0 Å². The van der Waals surface area contributed by atoms with E-state index in [4.69, 9.17) is 4.98 Å². The summed E-state index contributed by atoms with van der Waals surface area (Å²) in [5, 5.41) is 2.92. The van der Waals surface area contributed by atoms with Gasteiger partial charge in [0.2, 0.25) is 0 Å². The fourth-order valence-corrected chi connectivity index (χ4v) is 3.81. The summed E-state index contributed by atoms with van der Waals surface area (Å²) in [5.41, 5.74) is 4.48. The molecular weight excluding hydrogens is 352 g/mol. The van der Waals surface area contributed by atoms with Gasteiger partial charge >= 0.3 is 0 Å². The van der Waals surface area contributed by atoms with E-state index < -0.39 is 0 Å². The van der Waals surface area contributed by atoms with Crippen LogP contribution in [0.15, 0.2) is 55.0 Å². The quantitative estimate of drug-likeness (QED) is 0.597. The van der Waals surface area contributed by atoms with E-state index >= 15 is 0 Å². The molecule has 0 aliphatic carbocycles. The standard InChI is InChI=1S/C21H20N6O/c1-26-11-3-5-19(26)18-13-27-12-14(6-9-20(27)25-18)23-21(28)17-8-7-15-16(24-17)4-2-10-22-15/h2,4,6-10,12-13,19H,3,5,11H2,1H3,(H,23,28). The number of fused-ring (bicyclic) bond motifs is 2. The van der Waals surface area contributed by atoms with Gasteiger partial charge in [-0.05, 0) is 62.8 Å². The summed E-state index contributed by atoms with van der Waals surface area (Å²) < 4.78 is 1.97. The van der Waals surface area contributed by atoms with Crippen molar-refractivity contribution in [3.05, 3.63) is 66.4 Å². The number of amides is 1. The number of likely N-dealkylation sites (tertiary alicyclic amines) is 1. The number of nitrogens with zero attached hydrogens (tertiary/aromatic N) is 5. The molecule has 1 N–H and O–H groups in total. The maximum atomic E-state index is 12.6. The molecule has 4 aromatic rings. The Morgan fingerprint density at radius 3 is 2.89 bits per heavy atom. The number of nitrogens with one attached hydrogen (secondary N) is 1. The normalized spacial score (nSPS) is 17.4. The Labute approximate surface area is 162 Å². The van der Waals surface area contributed by atoms with E-state index in [0.29, 0.717) is 22.9 Å². The van der Waals surface area contributed by atoms with Crippen molar-refractivity contribution in [2.24, 2.45) is 0 Å². The van der Waals surface area contributed by atoms with E-state index in [-0.39, 0.29) is 5.91 Å². The van der Waals surface area contributed by atoms with Crippen LogP contribution in [0.25, 0.3) is 16.7 Å². The molecule has 5 heterocycles. The fraction of sp³-hybridized carbons (Fsp3) is 0.238. The van der Waals surface area contributed by atoms with Crippen molar-refractivity contribution in [1.82, 2.24) is 24.3 Å². The number of imidazole rings is 1. The minimum Gasteiger partial charge on any atom is -0.319 e. The summed E-state index contributed by atoms with van der Waals surface area (Å²) in [6.07, 6.45) is 7.98. The molecule has 0 radical (unpaired) electrons. The van der Waals surface area contributed by atoms with E-state index in [9.17, 15) is 4.79 Å². The number of anilines is 1. The topological polar surface area (TPSA) is 75.4 Å². The van der Waals surface area contributed by atoms with E-state index in [0.717, 1.165) is 29.8 Å². The first kappa shape index (κ1) is 16.8. The molecule has 1 aliphatic rings. The highest BCUT2D eigenvalue weighted by molar-refractivity contribution is 6.03. The Morgan fingerprint density at radius 2 is 2.04 bits per heavy atom. The van der Waals surface area contributed by atoms with E-state index in [1.54, 1.807) is 18.3 Å². The molecule has 28 heavy (non-hydrogen) atoms. The third kappa shape index (κ3) is 2.99. The smallest absolute Gasteiger partial charge is 0.274 e. The van der Waals surface area contributed by atoms with Gasteiger partial charge in [-0.25, -0.2) is 9.97 Å². The molecule has 1 unspecified atom stereocenters. The van der Waals surface area contributed by atoms with Gasteiger partial charge in [-0.1, -0.05) is 0 Å². The predicted molar refractivity (Wildman–Crippen MR) is 107 cm³/mol. The zero-order valence-corrected chi connectivity index (χ0v) is 15.5. The molecule has 0 spiro atoms. The summed E-state index contributed by atoms with van der Waals surface area (Å²) in [5.74, 6) is -0.249. The number of hydrogen-bond acceptors (Lipinski definition) is 5. The molecule has 1 atom stereocenters. The zero-order valence-electron chi connectivity index (χ0n) is 15.5. The molecule has 4 aromatic heterocycles. The molecule has 0 bridgehead atoms. The number of pyridine rings is 3. The highest BCUT2D eigenvalue weighted by Gasteiger charge is 2.24. The molecule has 140 valence electrons. The van der Waals surface area contributed by atoms with Crippen LogP contribution in [0.4, 0.5) is 5.69 Å². The van der Waals surface area contributed by atoms with Gasteiger partial charge in [0.25, 0.3) is 5.91 Å². The second-order valence-electron chi connectivity index (χ2n) is 7.18. The maximum absolute atomic E-state index is 12.6. The zero-order chi connectivity index (χ0) is 19.1. The maximum Gasteiger partial charge on any atom is 0.274 e. The minimum absolute atomic E-state index is 0.249. The first-order valence-corrected chi connectivity index (χ1v) is 9.39. The second-order valence-corrected chi connectivity index (χ2v) is 7.18. The monoisotopic (exact) mass is 372 g/mol. The van der Waals surface area contributed by atoms with Crippen molar-refractivity contribution in [1.29, 1.82) is 0 Å². The Kier molecular flexibility index (Phi) is 4.02. The predicted octanol–water partition coefficient (Wildman–Crippen LogP) is 3.30. The average molecular weight is 372 g/mol. The summed E-state index contributed by atoms with van der Waals surface area (Å²) in [6, 6.07) is 11.3. The summed E-state index contributed by atoms with van der Waals surface area (Å²) in [7, 11) is 2.14. The number of rotatable bonds is 3. The molecule has 7 nitrogen and oxygen atoms in total. The van der Waals surface area contributed by atoms with Gasteiger partial charge in [-0.15, -0.1) is 0 Å². The molecule has 0 saturated carbocycles. The lowest BCUT2D eigenvalue weighted by Crippen LogP contribution is -2.17. The van der Waals surface area contributed by atoms with Crippen LogP contribution in [0.2, 0.25) is 0 Å². The Bertz CT molecular complexity index is 1180. The first-order chi connectivity index (χ1) is 13.7. The first-order valence-electron chi connectivity index (χ1n) is 9.39. The van der Waals surface area contributed by atoms with Gasteiger partial charge in [0.05, 0.1) is 28.5 Å². The molecule has 1 aliphatic heterocycles. The van der Waals surface area contributed by atoms with Crippen molar-refractivity contribution >= 4 is 28.3 Å². The number of aromatic nitrogens is 4. The van der Waals surface area contributed by atoms with Gasteiger partial charge in [0.15, 0.2) is 0 Å². The minimum atomic E-state index is -0.249. The van der Waals surface area contributed by atoms with Crippen molar-refractivity contribution < 1.29 is 4.79 Å². The number of hydrogen-bond donors (Lipinski definition) is 1. The van der Waals surface area contributed by atoms with Crippen molar-refractivity contribution in [3.63, 3.8) is 0 Å². The van der Waals surface area contributed by atoms with Crippen LogP contribution in [-0.4, -0.2) is 43.8 Å². The molecule has 5 rings (SSSR count). The largest absolute Gasteiger partial charge is 0.319 e. The van der Waals surface area contributed by atoms with Gasteiger partial charge in [-0.2, -0.15) is 0 Å². The van der Waals surface area contributed by atoms with E-state index in [1.807, 2.05) is 34.9 Å². The summed E-state index contributed by atoms with van der Waals surface area (Å²) >= 11 is 0. The van der Waals surface area contributed by atoms with Crippen LogP contribution in [-0.2, 0) is 0 Å². The average Bonchev–Trinajstić information content (AvgIpc) is 3.32. The third-order valence-electron chi connectivity index (χ3n) is 5.28. The molecule has 1 amide bonds. The van der Waals surface area contributed by atoms with E-state index in [1.165, 1.54) is 6.42 Å². The van der Waals surface area contributed by atoms with Gasteiger partial charge < -0.3 is 9.72 Å². The van der Waals surface area contributed by atoms with Crippen molar-refractivity contribution in [2.75, 3.05) is 18.9 Å². The third-order valence-corrected chi connectivity index (χ3v) is 5.28. The lowest BCUT2D eigenvalue weighted by atomic mass is 10.2. The van der Waals surface area contributed by atoms with Crippen LogP contribution in [0.3, 0.4) is 0 Å².